The Balaban J connectivity index is 2.04. The molecule has 1 fully saturated rings. The van der Waals surface area contributed by atoms with Crippen molar-refractivity contribution in [2.45, 2.75) is 45.2 Å². The third kappa shape index (κ3) is 2.80. The van der Waals surface area contributed by atoms with E-state index >= 15 is 0 Å². The highest BCUT2D eigenvalue weighted by atomic mass is 15.2. The van der Waals surface area contributed by atoms with Gasteiger partial charge in [-0.05, 0) is 33.2 Å². The molecule has 96 valence electrons. The van der Waals surface area contributed by atoms with Gasteiger partial charge in [-0.15, -0.1) is 0 Å². The second kappa shape index (κ2) is 5.54. The van der Waals surface area contributed by atoms with E-state index in [0.29, 0.717) is 12.1 Å². The van der Waals surface area contributed by atoms with Crippen molar-refractivity contribution in [3.8, 4) is 0 Å². The van der Waals surface area contributed by atoms with E-state index in [-0.39, 0.29) is 0 Å². The van der Waals surface area contributed by atoms with E-state index in [1.807, 2.05) is 6.20 Å². The minimum Gasteiger partial charge on any atom is -0.356 e. The largest absolute Gasteiger partial charge is 0.356 e. The molecule has 4 heteroatoms. The van der Waals surface area contributed by atoms with Gasteiger partial charge in [0, 0.05) is 37.6 Å². The first-order valence-corrected chi connectivity index (χ1v) is 6.69. The van der Waals surface area contributed by atoms with Crippen LogP contribution in [0.2, 0.25) is 0 Å². The van der Waals surface area contributed by atoms with Gasteiger partial charge in [0.05, 0.1) is 0 Å². The third-order valence-corrected chi connectivity index (χ3v) is 3.78. The zero-order chi connectivity index (χ0) is 12.3. The lowest BCUT2D eigenvalue weighted by Crippen LogP contribution is -2.38. The summed E-state index contributed by atoms with van der Waals surface area (Å²) in [6.45, 7) is 6.66. The molecule has 0 radical (unpaired) electrons. The summed E-state index contributed by atoms with van der Waals surface area (Å²) in [6.07, 6.45) is 7.59. The third-order valence-electron chi connectivity index (χ3n) is 3.78. The fourth-order valence-corrected chi connectivity index (χ4v) is 2.50. The second-order valence-electron chi connectivity index (χ2n) is 5.09. The number of likely N-dealkylation sites (tertiary alicyclic amines) is 1. The normalized spacial score (nSPS) is 26.1. The maximum Gasteiger partial charge on any atom is 0.203 e. The number of nitrogens with one attached hydrogen (secondary N) is 1. The topological polar surface area (TPSA) is 33.1 Å². The van der Waals surface area contributed by atoms with Crippen LogP contribution in [-0.2, 0) is 0 Å². The first-order valence-electron chi connectivity index (χ1n) is 6.69. The van der Waals surface area contributed by atoms with Gasteiger partial charge in [-0.1, -0.05) is 6.92 Å². The van der Waals surface area contributed by atoms with Gasteiger partial charge in [0.25, 0.3) is 0 Å². The van der Waals surface area contributed by atoms with Gasteiger partial charge in [0.2, 0.25) is 5.95 Å². The standard InChI is InChI=1S/C13H24N4/c1-4-6-14-13-15-7-9-17(13)12-5-8-16(3)11(2)10-12/h7,9,11-12H,4-6,8,10H2,1-3H3,(H,14,15). The Hall–Kier alpha value is -1.03. The van der Waals surface area contributed by atoms with Crippen LogP contribution in [0, 0.1) is 0 Å². The molecule has 0 saturated carbocycles. The zero-order valence-electron chi connectivity index (χ0n) is 11.2. The van der Waals surface area contributed by atoms with Crippen LogP contribution < -0.4 is 5.32 Å². The highest BCUT2D eigenvalue weighted by molar-refractivity contribution is 5.26. The lowest BCUT2D eigenvalue weighted by molar-refractivity contribution is 0.157. The van der Waals surface area contributed by atoms with Gasteiger partial charge < -0.3 is 14.8 Å². The zero-order valence-corrected chi connectivity index (χ0v) is 11.2. The van der Waals surface area contributed by atoms with E-state index < -0.39 is 0 Å². The molecule has 1 aliphatic heterocycles. The molecular formula is C13H24N4. The Bertz CT molecular complexity index is 347. The van der Waals surface area contributed by atoms with Crippen molar-refractivity contribution in [3.63, 3.8) is 0 Å². The van der Waals surface area contributed by atoms with Crippen molar-refractivity contribution in [2.75, 3.05) is 25.5 Å². The summed E-state index contributed by atoms with van der Waals surface area (Å²) in [5, 5.41) is 3.40. The molecule has 0 amide bonds. The van der Waals surface area contributed by atoms with Crippen LogP contribution in [0.3, 0.4) is 0 Å². The van der Waals surface area contributed by atoms with E-state index in [1.54, 1.807) is 0 Å². The molecule has 17 heavy (non-hydrogen) atoms. The van der Waals surface area contributed by atoms with Crippen molar-refractivity contribution in [2.24, 2.45) is 0 Å². The molecule has 1 N–H and O–H groups in total. The van der Waals surface area contributed by atoms with Gasteiger partial charge in [-0.25, -0.2) is 4.98 Å². The fraction of sp³-hybridized carbons (Fsp3) is 0.769. The molecule has 0 aromatic carbocycles. The van der Waals surface area contributed by atoms with Gasteiger partial charge in [-0.2, -0.15) is 0 Å². The number of hydrogen-bond donors (Lipinski definition) is 1. The summed E-state index contributed by atoms with van der Waals surface area (Å²) >= 11 is 0. The van der Waals surface area contributed by atoms with E-state index in [0.717, 1.165) is 18.9 Å². The van der Waals surface area contributed by atoms with Crippen molar-refractivity contribution in [1.29, 1.82) is 0 Å². The molecule has 2 unspecified atom stereocenters. The highest BCUT2D eigenvalue weighted by Crippen LogP contribution is 2.28. The van der Waals surface area contributed by atoms with Crippen LogP contribution in [0.1, 0.15) is 39.2 Å². The number of imidazole rings is 1. The van der Waals surface area contributed by atoms with Crippen LogP contribution in [0.5, 0.6) is 0 Å². The van der Waals surface area contributed by atoms with Crippen LogP contribution in [0.15, 0.2) is 12.4 Å². The summed E-state index contributed by atoms with van der Waals surface area (Å²) in [5.74, 6) is 1.04. The maximum atomic E-state index is 4.41. The Morgan fingerprint density at radius 2 is 2.35 bits per heavy atom. The molecule has 0 bridgehead atoms. The molecule has 1 aromatic heterocycles. The Labute approximate surface area is 104 Å². The SMILES string of the molecule is CCCNc1nccn1C1CCN(C)C(C)C1. The summed E-state index contributed by atoms with van der Waals surface area (Å²) in [4.78, 5) is 6.85. The number of aromatic nitrogens is 2. The van der Waals surface area contributed by atoms with E-state index in [2.05, 4.69) is 46.9 Å². The van der Waals surface area contributed by atoms with Gasteiger partial charge in [-0.3, -0.25) is 0 Å². The molecule has 2 rings (SSSR count). The Morgan fingerprint density at radius 1 is 1.53 bits per heavy atom. The Kier molecular flexibility index (Phi) is 4.05. The van der Waals surface area contributed by atoms with E-state index in [1.165, 1.54) is 19.4 Å². The number of anilines is 1. The number of hydrogen-bond acceptors (Lipinski definition) is 3. The van der Waals surface area contributed by atoms with Crippen LogP contribution in [-0.4, -0.2) is 40.6 Å². The predicted octanol–water partition coefficient (Wildman–Crippen LogP) is 2.36. The summed E-state index contributed by atoms with van der Waals surface area (Å²) in [7, 11) is 2.21. The minimum absolute atomic E-state index is 0.600. The fourth-order valence-electron chi connectivity index (χ4n) is 2.50. The smallest absolute Gasteiger partial charge is 0.203 e. The van der Waals surface area contributed by atoms with Crippen molar-refractivity contribution in [1.82, 2.24) is 14.5 Å². The van der Waals surface area contributed by atoms with Crippen LogP contribution in [0.25, 0.3) is 0 Å². The highest BCUT2D eigenvalue weighted by Gasteiger charge is 2.25. The summed E-state index contributed by atoms with van der Waals surface area (Å²) in [5.41, 5.74) is 0. The first-order chi connectivity index (χ1) is 8.22. The number of piperidine rings is 1. The Morgan fingerprint density at radius 3 is 3.06 bits per heavy atom. The van der Waals surface area contributed by atoms with Crippen molar-refractivity contribution < 1.29 is 0 Å². The number of rotatable bonds is 4. The monoisotopic (exact) mass is 236 g/mol. The van der Waals surface area contributed by atoms with Crippen LogP contribution >= 0.6 is 0 Å². The minimum atomic E-state index is 0.600. The van der Waals surface area contributed by atoms with Crippen molar-refractivity contribution >= 4 is 5.95 Å². The molecule has 4 nitrogen and oxygen atoms in total. The summed E-state index contributed by atoms with van der Waals surface area (Å²) < 4.78 is 2.32. The van der Waals surface area contributed by atoms with Gasteiger partial charge in [0.1, 0.15) is 0 Å². The predicted molar refractivity (Wildman–Crippen MR) is 71.4 cm³/mol. The molecule has 0 spiro atoms. The van der Waals surface area contributed by atoms with Gasteiger partial charge >= 0.3 is 0 Å². The average molecular weight is 236 g/mol. The molecule has 0 aliphatic carbocycles. The maximum absolute atomic E-state index is 4.41. The molecule has 1 aromatic rings. The molecule has 1 saturated heterocycles. The van der Waals surface area contributed by atoms with Gasteiger partial charge in [0.15, 0.2) is 0 Å². The molecule has 1 aliphatic rings. The molecule has 2 heterocycles. The second-order valence-corrected chi connectivity index (χ2v) is 5.09. The lowest BCUT2D eigenvalue weighted by atomic mass is 9.99. The van der Waals surface area contributed by atoms with Crippen LogP contribution in [0.4, 0.5) is 5.95 Å². The lowest BCUT2D eigenvalue weighted by Gasteiger charge is -2.36. The molecular weight excluding hydrogens is 212 g/mol. The van der Waals surface area contributed by atoms with E-state index in [9.17, 15) is 0 Å². The quantitative estimate of drug-likeness (QED) is 0.871. The first kappa shape index (κ1) is 12.4. The van der Waals surface area contributed by atoms with Crippen molar-refractivity contribution in [3.05, 3.63) is 12.4 Å². The van der Waals surface area contributed by atoms with E-state index in [4.69, 9.17) is 0 Å². The average Bonchev–Trinajstić information content (AvgIpc) is 2.78. The number of nitrogens with zero attached hydrogens (tertiary/aromatic N) is 3. The summed E-state index contributed by atoms with van der Waals surface area (Å²) in [6, 6.07) is 1.26. The molecule has 2 atom stereocenters.